The zero-order chi connectivity index (χ0) is 23.3. The van der Waals surface area contributed by atoms with Crippen LogP contribution in [0.2, 0.25) is 10.0 Å². The van der Waals surface area contributed by atoms with Crippen molar-refractivity contribution < 1.29 is 5.11 Å². The number of aromatic nitrogens is 4. The van der Waals surface area contributed by atoms with Crippen molar-refractivity contribution in [1.82, 2.24) is 24.4 Å². The molecule has 2 fully saturated rings. The number of imidazole rings is 1. The summed E-state index contributed by atoms with van der Waals surface area (Å²) in [6.07, 6.45) is 6.63. The first kappa shape index (κ1) is 22.4. The highest BCUT2D eigenvalue weighted by Crippen LogP contribution is 2.47. The number of aliphatic hydroxyl groups is 1. The molecule has 33 heavy (non-hydrogen) atoms. The van der Waals surface area contributed by atoms with Crippen LogP contribution in [0.4, 0.5) is 11.8 Å². The Kier molecular flexibility index (Phi) is 5.73. The van der Waals surface area contributed by atoms with Gasteiger partial charge in [-0.15, -0.1) is 0 Å². The van der Waals surface area contributed by atoms with E-state index in [2.05, 4.69) is 29.1 Å². The SMILES string of the molecule is CC(C)[C@H]1CN(C)C(O)N1c1ccnc(NC2(c3cn(-c4cc(Cl)cc(Cl)c4)cn3)CC2)n1. The average molecular weight is 488 g/mol. The Bertz CT molecular complexity index is 1140. The summed E-state index contributed by atoms with van der Waals surface area (Å²) in [6, 6.07) is 7.42. The van der Waals surface area contributed by atoms with Crippen LogP contribution in [-0.4, -0.2) is 55.5 Å². The van der Waals surface area contributed by atoms with Crippen LogP contribution in [0.1, 0.15) is 32.4 Å². The summed E-state index contributed by atoms with van der Waals surface area (Å²) in [5.41, 5.74) is 1.45. The Morgan fingerprint density at radius 1 is 1.15 bits per heavy atom. The van der Waals surface area contributed by atoms with Gasteiger partial charge in [0.15, 0.2) is 6.35 Å². The lowest BCUT2D eigenvalue weighted by molar-refractivity contribution is 0.0583. The standard InChI is InChI=1S/C23H27Cl2N7O/c1-14(2)18-11-30(3)22(33)32(18)20-4-7-26-21(28-20)29-23(5-6-23)19-12-31(13-27-19)17-9-15(24)8-16(25)10-17/h4,7-10,12-14,18,22,33H,5-6,11H2,1-3H3,(H,26,28,29)/t18-,22?/m1/s1. The van der Waals surface area contributed by atoms with Crippen molar-refractivity contribution >= 4 is 35.0 Å². The topological polar surface area (TPSA) is 82.3 Å². The van der Waals surface area contributed by atoms with Crippen molar-refractivity contribution in [2.75, 3.05) is 23.8 Å². The summed E-state index contributed by atoms with van der Waals surface area (Å²) in [7, 11) is 1.92. The number of rotatable bonds is 6. The van der Waals surface area contributed by atoms with Crippen LogP contribution in [0.25, 0.3) is 5.69 Å². The van der Waals surface area contributed by atoms with Gasteiger partial charge in [0.05, 0.1) is 17.6 Å². The molecule has 0 radical (unpaired) electrons. The second kappa shape index (κ2) is 8.43. The Hall–Kier alpha value is -2.39. The summed E-state index contributed by atoms with van der Waals surface area (Å²) in [5.74, 6) is 1.60. The molecular weight excluding hydrogens is 461 g/mol. The highest BCUT2D eigenvalue weighted by molar-refractivity contribution is 6.34. The Morgan fingerprint density at radius 3 is 2.55 bits per heavy atom. The maximum absolute atomic E-state index is 10.7. The molecule has 3 aromatic rings. The monoisotopic (exact) mass is 487 g/mol. The normalized spacial score (nSPS) is 22.2. The van der Waals surface area contributed by atoms with Crippen LogP contribution in [0.5, 0.6) is 0 Å². The van der Waals surface area contributed by atoms with Gasteiger partial charge in [-0.05, 0) is 50.1 Å². The number of benzene rings is 1. The third-order valence-electron chi connectivity index (χ3n) is 6.47. The van der Waals surface area contributed by atoms with E-state index in [0.29, 0.717) is 27.7 Å². The van der Waals surface area contributed by atoms with Gasteiger partial charge in [0.2, 0.25) is 5.95 Å². The molecule has 2 aliphatic rings. The number of halogens is 2. The van der Waals surface area contributed by atoms with Crippen molar-refractivity contribution in [3.8, 4) is 5.69 Å². The lowest BCUT2D eigenvalue weighted by Gasteiger charge is -2.30. The van der Waals surface area contributed by atoms with Crippen LogP contribution in [0.3, 0.4) is 0 Å². The molecule has 2 N–H and O–H groups in total. The zero-order valence-electron chi connectivity index (χ0n) is 18.8. The Balaban J connectivity index is 1.39. The first-order valence-corrected chi connectivity index (χ1v) is 11.8. The van der Waals surface area contributed by atoms with E-state index in [4.69, 9.17) is 28.2 Å². The fraction of sp³-hybridized carbons (Fsp3) is 0.435. The van der Waals surface area contributed by atoms with Gasteiger partial charge in [-0.25, -0.2) is 9.97 Å². The number of anilines is 2. The molecule has 0 spiro atoms. The molecule has 8 nitrogen and oxygen atoms in total. The molecule has 3 heterocycles. The molecule has 10 heteroatoms. The molecule has 1 aliphatic carbocycles. The maximum atomic E-state index is 10.7. The molecule has 0 bridgehead atoms. The number of hydrogen-bond donors (Lipinski definition) is 2. The minimum absolute atomic E-state index is 0.169. The van der Waals surface area contributed by atoms with Crippen molar-refractivity contribution in [3.63, 3.8) is 0 Å². The average Bonchev–Trinajstić information content (AvgIpc) is 3.23. The van der Waals surface area contributed by atoms with Crippen molar-refractivity contribution in [3.05, 3.63) is 58.7 Å². The van der Waals surface area contributed by atoms with E-state index in [1.807, 2.05) is 45.8 Å². The smallest absolute Gasteiger partial charge is 0.225 e. The van der Waals surface area contributed by atoms with Gasteiger partial charge in [0.25, 0.3) is 0 Å². The summed E-state index contributed by atoms with van der Waals surface area (Å²) >= 11 is 12.3. The van der Waals surface area contributed by atoms with Gasteiger partial charge in [-0.2, -0.15) is 4.98 Å². The molecular formula is C23H27Cl2N7O. The summed E-state index contributed by atoms with van der Waals surface area (Å²) in [4.78, 5) is 17.7. The largest absolute Gasteiger partial charge is 0.361 e. The molecule has 0 amide bonds. The summed E-state index contributed by atoms with van der Waals surface area (Å²) in [6.45, 7) is 5.10. The van der Waals surface area contributed by atoms with Gasteiger partial charge < -0.3 is 19.9 Å². The fourth-order valence-corrected chi connectivity index (χ4v) is 4.93. The van der Waals surface area contributed by atoms with Crippen LogP contribution in [-0.2, 0) is 5.54 Å². The van der Waals surface area contributed by atoms with Crippen LogP contribution >= 0.6 is 23.2 Å². The van der Waals surface area contributed by atoms with Gasteiger partial charge in [0.1, 0.15) is 5.82 Å². The van der Waals surface area contributed by atoms with E-state index in [1.165, 1.54) is 0 Å². The van der Waals surface area contributed by atoms with Gasteiger partial charge in [-0.3, -0.25) is 4.90 Å². The molecule has 5 rings (SSSR count). The van der Waals surface area contributed by atoms with E-state index >= 15 is 0 Å². The number of nitrogens with one attached hydrogen (secondary N) is 1. The highest BCUT2D eigenvalue weighted by atomic mass is 35.5. The lowest BCUT2D eigenvalue weighted by atomic mass is 10.0. The van der Waals surface area contributed by atoms with E-state index in [-0.39, 0.29) is 11.6 Å². The van der Waals surface area contributed by atoms with Gasteiger partial charge in [-0.1, -0.05) is 37.0 Å². The molecule has 1 aromatic carbocycles. The third-order valence-corrected chi connectivity index (χ3v) is 6.91. The van der Waals surface area contributed by atoms with E-state index in [9.17, 15) is 5.11 Å². The highest BCUT2D eigenvalue weighted by Gasteiger charge is 2.47. The van der Waals surface area contributed by atoms with Crippen LogP contribution in [0, 0.1) is 5.92 Å². The van der Waals surface area contributed by atoms with Crippen molar-refractivity contribution in [2.24, 2.45) is 5.92 Å². The number of hydrogen-bond acceptors (Lipinski definition) is 7. The van der Waals surface area contributed by atoms with Crippen LogP contribution < -0.4 is 10.2 Å². The summed E-state index contributed by atoms with van der Waals surface area (Å²) < 4.78 is 1.91. The summed E-state index contributed by atoms with van der Waals surface area (Å²) in [5, 5.41) is 15.4. The van der Waals surface area contributed by atoms with Crippen LogP contribution in [0.15, 0.2) is 43.0 Å². The van der Waals surface area contributed by atoms with Crippen molar-refractivity contribution in [1.29, 1.82) is 0 Å². The van der Waals surface area contributed by atoms with Gasteiger partial charge >= 0.3 is 0 Å². The molecule has 1 saturated carbocycles. The predicted molar refractivity (Wildman–Crippen MR) is 130 cm³/mol. The molecule has 174 valence electrons. The first-order chi connectivity index (χ1) is 15.8. The minimum atomic E-state index is -0.713. The van der Waals surface area contributed by atoms with E-state index in [0.717, 1.165) is 30.8 Å². The Morgan fingerprint density at radius 2 is 1.88 bits per heavy atom. The minimum Gasteiger partial charge on any atom is -0.361 e. The van der Waals surface area contributed by atoms with E-state index < -0.39 is 6.35 Å². The predicted octanol–water partition coefficient (Wildman–Crippen LogP) is 4.12. The quantitative estimate of drug-likeness (QED) is 0.540. The molecule has 2 atom stereocenters. The molecule has 1 unspecified atom stereocenters. The maximum Gasteiger partial charge on any atom is 0.225 e. The number of likely N-dealkylation sites (N-methyl/N-ethyl adjacent to an activating group) is 1. The van der Waals surface area contributed by atoms with E-state index in [1.54, 1.807) is 18.6 Å². The molecule has 1 aliphatic heterocycles. The zero-order valence-corrected chi connectivity index (χ0v) is 20.3. The number of aliphatic hydroxyl groups excluding tert-OH is 1. The molecule has 1 saturated heterocycles. The Labute approximate surface area is 203 Å². The first-order valence-electron chi connectivity index (χ1n) is 11.0. The third kappa shape index (κ3) is 4.28. The fourth-order valence-electron chi connectivity index (χ4n) is 4.42. The second-order valence-corrected chi connectivity index (χ2v) is 10.1. The second-order valence-electron chi connectivity index (χ2n) is 9.24. The lowest BCUT2D eigenvalue weighted by Crippen LogP contribution is -2.42. The van der Waals surface area contributed by atoms with Gasteiger partial charge in [0, 0.05) is 40.7 Å². The van der Waals surface area contributed by atoms with Crippen molar-refractivity contribution in [2.45, 2.75) is 44.6 Å². The molecule has 2 aromatic heterocycles. The number of nitrogens with zero attached hydrogens (tertiary/aromatic N) is 6.